The maximum atomic E-state index is 8.31. The Morgan fingerprint density at radius 2 is 2.11 bits per heavy atom. The van der Waals surface area contributed by atoms with E-state index in [1.807, 2.05) is 7.05 Å². The number of rotatable bonds is 1. The predicted molar refractivity (Wildman–Crippen MR) is 31.4 cm³/mol. The van der Waals surface area contributed by atoms with E-state index in [1.165, 1.54) is 0 Å². The largest absolute Gasteiger partial charge is 1.00 e. The molecule has 0 radical (unpaired) electrons. The van der Waals surface area contributed by atoms with Crippen LogP contribution < -0.4 is 29.6 Å². The van der Waals surface area contributed by atoms with Crippen molar-refractivity contribution in [2.75, 3.05) is 7.05 Å². The minimum atomic E-state index is 0. The molecule has 0 aromatic rings. The second-order valence-electron chi connectivity index (χ2n) is 2.21. The summed E-state index contributed by atoms with van der Waals surface area (Å²) < 4.78 is 0. The molecule has 0 saturated heterocycles. The number of nitriles is 1. The Morgan fingerprint density at radius 3 is 2.44 bits per heavy atom. The monoisotopic (exact) mass is 132 g/mol. The molecule has 3 heteroatoms. The summed E-state index contributed by atoms with van der Waals surface area (Å²) in [6, 6.07) is 2.71. The van der Waals surface area contributed by atoms with Crippen molar-refractivity contribution in [3.8, 4) is 6.07 Å². The van der Waals surface area contributed by atoms with E-state index < -0.39 is 0 Å². The Bertz CT molecular complexity index is 113. The summed E-state index contributed by atoms with van der Waals surface area (Å²) in [5.74, 6) is 0.309. The standard InChI is InChI=1S/C6H9N2.Na/c1-8-6-2-5(3-6)4-7;/h5-6H,2-3H2,1H3;/q-1;+1. The van der Waals surface area contributed by atoms with Crippen LogP contribution in [0.25, 0.3) is 5.32 Å². The second-order valence-corrected chi connectivity index (χ2v) is 2.21. The van der Waals surface area contributed by atoms with Gasteiger partial charge in [0.25, 0.3) is 0 Å². The summed E-state index contributed by atoms with van der Waals surface area (Å²) in [5, 5.41) is 12.3. The fraction of sp³-hybridized carbons (Fsp3) is 0.833. The van der Waals surface area contributed by atoms with Crippen molar-refractivity contribution in [3.05, 3.63) is 5.32 Å². The van der Waals surface area contributed by atoms with E-state index in [9.17, 15) is 0 Å². The average molecular weight is 132 g/mol. The van der Waals surface area contributed by atoms with Crippen LogP contribution in [0.2, 0.25) is 0 Å². The molecule has 0 atom stereocenters. The molecule has 1 fully saturated rings. The van der Waals surface area contributed by atoms with E-state index in [-0.39, 0.29) is 29.6 Å². The van der Waals surface area contributed by atoms with Gasteiger partial charge in [-0.15, -0.1) is 6.04 Å². The molecule has 1 rings (SSSR count). The molecule has 0 heterocycles. The number of hydrogen-bond acceptors (Lipinski definition) is 1. The van der Waals surface area contributed by atoms with Crippen molar-refractivity contribution in [2.24, 2.45) is 5.92 Å². The van der Waals surface area contributed by atoms with Crippen molar-refractivity contribution in [1.29, 1.82) is 5.26 Å². The van der Waals surface area contributed by atoms with E-state index in [2.05, 4.69) is 11.4 Å². The van der Waals surface area contributed by atoms with Crippen LogP contribution in [0, 0.1) is 17.2 Å². The summed E-state index contributed by atoms with van der Waals surface area (Å²) in [6.45, 7) is 0. The van der Waals surface area contributed by atoms with Crippen LogP contribution in [0.15, 0.2) is 0 Å². The van der Waals surface area contributed by atoms with E-state index in [4.69, 9.17) is 5.26 Å². The van der Waals surface area contributed by atoms with Gasteiger partial charge in [0, 0.05) is 5.92 Å². The molecule has 0 N–H and O–H groups in total. The van der Waals surface area contributed by atoms with Gasteiger partial charge in [-0.25, -0.2) is 0 Å². The molecule has 0 spiro atoms. The van der Waals surface area contributed by atoms with Crippen molar-refractivity contribution in [2.45, 2.75) is 18.9 Å². The summed E-state index contributed by atoms with van der Waals surface area (Å²) >= 11 is 0. The molecule has 0 aromatic carbocycles. The maximum absolute atomic E-state index is 8.31. The van der Waals surface area contributed by atoms with Crippen LogP contribution >= 0.6 is 0 Å². The molecule has 9 heavy (non-hydrogen) atoms. The third-order valence-electron chi connectivity index (χ3n) is 1.66. The molecule has 1 aliphatic rings. The quantitative estimate of drug-likeness (QED) is 0.392. The SMILES string of the molecule is C[N-]C1CC(C#N)C1.[Na+]. The first-order valence-electron chi connectivity index (χ1n) is 2.85. The fourth-order valence-electron chi connectivity index (χ4n) is 0.904. The molecule has 0 bridgehead atoms. The fourth-order valence-corrected chi connectivity index (χ4v) is 0.904. The minimum absolute atomic E-state index is 0. The van der Waals surface area contributed by atoms with Gasteiger partial charge in [-0.3, -0.25) is 0 Å². The Morgan fingerprint density at radius 1 is 1.56 bits per heavy atom. The van der Waals surface area contributed by atoms with Gasteiger partial charge >= 0.3 is 29.6 Å². The van der Waals surface area contributed by atoms with Crippen molar-refractivity contribution >= 4 is 0 Å². The van der Waals surface area contributed by atoms with Gasteiger partial charge in [0.1, 0.15) is 0 Å². The molecule has 1 aliphatic carbocycles. The molecule has 1 saturated carbocycles. The van der Waals surface area contributed by atoms with E-state index in [0.29, 0.717) is 12.0 Å². The van der Waals surface area contributed by atoms with Gasteiger partial charge in [0.05, 0.1) is 6.07 Å². The third kappa shape index (κ3) is 2.27. The molecule has 0 amide bonds. The molecule has 2 nitrogen and oxygen atoms in total. The van der Waals surface area contributed by atoms with E-state index in [1.54, 1.807) is 0 Å². The molecule has 44 valence electrons. The van der Waals surface area contributed by atoms with Crippen LogP contribution in [0.4, 0.5) is 0 Å². The summed E-state index contributed by atoms with van der Waals surface area (Å²) in [7, 11) is 1.82. The zero-order valence-corrected chi connectivity index (χ0v) is 7.96. The third-order valence-corrected chi connectivity index (χ3v) is 1.66. The predicted octanol–water partition coefficient (Wildman–Crippen LogP) is -1.70. The van der Waals surface area contributed by atoms with Crippen LogP contribution in [0.3, 0.4) is 0 Å². The number of nitrogens with zero attached hydrogens (tertiary/aromatic N) is 2. The molecule has 0 aliphatic heterocycles. The van der Waals surface area contributed by atoms with E-state index in [0.717, 1.165) is 12.8 Å². The Balaban J connectivity index is 0.000000640. The number of hydrogen-bond donors (Lipinski definition) is 0. The molecule has 0 unspecified atom stereocenters. The topological polar surface area (TPSA) is 37.9 Å². The minimum Gasteiger partial charge on any atom is -0.662 e. The second kappa shape index (κ2) is 4.29. The molecular formula is C6H9N2Na. The van der Waals surface area contributed by atoms with Gasteiger partial charge in [0.15, 0.2) is 0 Å². The summed E-state index contributed by atoms with van der Waals surface area (Å²) in [6.07, 6.45) is 1.99. The zero-order valence-electron chi connectivity index (χ0n) is 5.96. The van der Waals surface area contributed by atoms with Gasteiger partial charge in [0.2, 0.25) is 0 Å². The Hall–Kier alpha value is 0.450. The van der Waals surface area contributed by atoms with Crippen LogP contribution in [-0.4, -0.2) is 13.1 Å². The van der Waals surface area contributed by atoms with Gasteiger partial charge < -0.3 is 5.32 Å². The first kappa shape index (κ1) is 9.45. The molecular weight excluding hydrogens is 123 g/mol. The summed E-state index contributed by atoms with van der Waals surface area (Å²) in [5.41, 5.74) is 0. The van der Waals surface area contributed by atoms with Crippen LogP contribution in [0.5, 0.6) is 0 Å². The first-order valence-corrected chi connectivity index (χ1v) is 2.85. The normalized spacial score (nSPS) is 31.6. The first-order chi connectivity index (χ1) is 3.86. The van der Waals surface area contributed by atoms with Crippen molar-refractivity contribution < 1.29 is 29.6 Å². The molecule has 0 aromatic heterocycles. The Kier molecular flexibility index (Phi) is 4.51. The average Bonchev–Trinajstić information content (AvgIpc) is 1.65. The van der Waals surface area contributed by atoms with Gasteiger partial charge in [-0.05, 0) is 0 Å². The van der Waals surface area contributed by atoms with Crippen LogP contribution in [0.1, 0.15) is 12.8 Å². The summed E-state index contributed by atoms with van der Waals surface area (Å²) in [4.78, 5) is 0. The van der Waals surface area contributed by atoms with Gasteiger partial charge in [-0.1, -0.05) is 12.8 Å². The van der Waals surface area contributed by atoms with Gasteiger partial charge in [-0.2, -0.15) is 12.3 Å². The van der Waals surface area contributed by atoms with Crippen LogP contribution in [-0.2, 0) is 0 Å². The van der Waals surface area contributed by atoms with Crippen molar-refractivity contribution in [1.82, 2.24) is 0 Å². The van der Waals surface area contributed by atoms with E-state index >= 15 is 0 Å². The maximum Gasteiger partial charge on any atom is 1.00 e. The smallest absolute Gasteiger partial charge is 0.662 e. The zero-order chi connectivity index (χ0) is 5.98. The van der Waals surface area contributed by atoms with Crippen molar-refractivity contribution in [3.63, 3.8) is 0 Å². The Labute approximate surface area is 77.9 Å².